The van der Waals surface area contributed by atoms with Crippen LogP contribution in [0.1, 0.15) is 6.42 Å². The van der Waals surface area contributed by atoms with Gasteiger partial charge in [-0.15, -0.1) is 0 Å². The molecule has 2 heterocycles. The lowest BCUT2D eigenvalue weighted by molar-refractivity contribution is 0.155. The molecule has 3 nitrogen and oxygen atoms in total. The molecule has 0 aromatic carbocycles. The second-order valence-electron chi connectivity index (χ2n) is 2.18. The summed E-state index contributed by atoms with van der Waals surface area (Å²) in [5, 5.41) is 0. The third kappa shape index (κ3) is 0.733. The summed E-state index contributed by atoms with van der Waals surface area (Å²) < 4.78 is 0. The molecule has 0 bridgehead atoms. The fraction of sp³-hybridized carbons (Fsp3) is 0.500. The number of allylic oxidation sites excluding steroid dienone is 1. The Kier molecular flexibility index (Phi) is 1.02. The Balaban J connectivity index is 2.28. The Bertz CT molecular complexity index is 183. The monoisotopic (exact) mass is 124 g/mol. The van der Waals surface area contributed by atoms with E-state index in [1.165, 1.54) is 5.57 Å². The Morgan fingerprint density at radius 2 is 2.67 bits per heavy atom. The van der Waals surface area contributed by atoms with E-state index >= 15 is 0 Å². The van der Waals surface area contributed by atoms with Crippen LogP contribution in [0.25, 0.3) is 0 Å². The number of hydrogen-bond acceptors (Lipinski definition) is 3. The SMILES string of the molecule is C1=NCCC2=C1ONC2. The zero-order valence-corrected chi connectivity index (χ0v) is 5.05. The molecule has 48 valence electrons. The lowest BCUT2D eigenvalue weighted by atomic mass is 10.1. The van der Waals surface area contributed by atoms with E-state index < -0.39 is 0 Å². The second-order valence-corrected chi connectivity index (χ2v) is 2.18. The zero-order chi connectivity index (χ0) is 6.10. The Morgan fingerprint density at radius 3 is 3.56 bits per heavy atom. The van der Waals surface area contributed by atoms with E-state index in [4.69, 9.17) is 4.84 Å². The van der Waals surface area contributed by atoms with Crippen molar-refractivity contribution in [3.05, 3.63) is 11.3 Å². The molecule has 0 amide bonds. The molecule has 0 aromatic heterocycles. The van der Waals surface area contributed by atoms with Crippen LogP contribution in [0.2, 0.25) is 0 Å². The van der Waals surface area contributed by atoms with Crippen LogP contribution >= 0.6 is 0 Å². The molecule has 0 atom stereocenters. The van der Waals surface area contributed by atoms with E-state index in [1.807, 2.05) is 0 Å². The van der Waals surface area contributed by atoms with Crippen molar-refractivity contribution in [2.75, 3.05) is 13.1 Å². The number of dihydropyridines is 1. The van der Waals surface area contributed by atoms with Crippen LogP contribution in [0.3, 0.4) is 0 Å². The Labute approximate surface area is 53.4 Å². The first kappa shape index (κ1) is 4.99. The van der Waals surface area contributed by atoms with Crippen LogP contribution in [0, 0.1) is 0 Å². The number of nitrogens with one attached hydrogen (secondary N) is 1. The summed E-state index contributed by atoms with van der Waals surface area (Å²) in [6, 6.07) is 0. The molecular formula is C6H8N2O. The summed E-state index contributed by atoms with van der Waals surface area (Å²) in [5.41, 5.74) is 4.15. The number of nitrogens with zero attached hydrogens (tertiary/aromatic N) is 1. The van der Waals surface area contributed by atoms with Gasteiger partial charge in [-0.25, -0.2) is 0 Å². The highest BCUT2D eigenvalue weighted by Gasteiger charge is 2.15. The predicted octanol–water partition coefficient (Wildman–Crippen LogP) is 0.250. The Morgan fingerprint density at radius 1 is 1.67 bits per heavy atom. The molecular weight excluding hydrogens is 116 g/mol. The molecule has 2 aliphatic rings. The van der Waals surface area contributed by atoms with Gasteiger partial charge in [-0.2, -0.15) is 5.48 Å². The molecule has 0 aliphatic carbocycles. The molecule has 0 spiro atoms. The minimum Gasteiger partial charge on any atom is -0.407 e. The van der Waals surface area contributed by atoms with Crippen molar-refractivity contribution < 1.29 is 4.84 Å². The van der Waals surface area contributed by atoms with Gasteiger partial charge in [0.1, 0.15) is 0 Å². The molecule has 0 aromatic rings. The quantitative estimate of drug-likeness (QED) is 0.502. The topological polar surface area (TPSA) is 33.6 Å². The van der Waals surface area contributed by atoms with Gasteiger partial charge in [0.2, 0.25) is 0 Å². The molecule has 9 heavy (non-hydrogen) atoms. The minimum absolute atomic E-state index is 0.876. The average molecular weight is 124 g/mol. The third-order valence-electron chi connectivity index (χ3n) is 1.57. The number of hydroxylamine groups is 1. The summed E-state index contributed by atoms with van der Waals surface area (Å²) in [7, 11) is 0. The van der Waals surface area contributed by atoms with Crippen LogP contribution < -0.4 is 5.48 Å². The fourth-order valence-electron chi connectivity index (χ4n) is 1.04. The van der Waals surface area contributed by atoms with Gasteiger partial charge in [-0.3, -0.25) is 4.99 Å². The van der Waals surface area contributed by atoms with E-state index in [1.54, 1.807) is 6.21 Å². The normalized spacial score (nSPS) is 24.0. The summed E-state index contributed by atoms with van der Waals surface area (Å²) in [4.78, 5) is 9.11. The smallest absolute Gasteiger partial charge is 0.165 e. The van der Waals surface area contributed by atoms with Crippen molar-refractivity contribution in [3.63, 3.8) is 0 Å². The molecule has 0 radical (unpaired) electrons. The summed E-state index contributed by atoms with van der Waals surface area (Å²) >= 11 is 0. The van der Waals surface area contributed by atoms with Gasteiger partial charge >= 0.3 is 0 Å². The van der Waals surface area contributed by atoms with Gasteiger partial charge in [0.15, 0.2) is 5.76 Å². The zero-order valence-electron chi connectivity index (χ0n) is 5.05. The Hall–Kier alpha value is -0.830. The van der Waals surface area contributed by atoms with Gasteiger partial charge in [0.25, 0.3) is 0 Å². The lowest BCUT2D eigenvalue weighted by Crippen LogP contribution is -2.06. The van der Waals surface area contributed by atoms with Crippen LogP contribution in [-0.4, -0.2) is 19.3 Å². The molecule has 2 rings (SSSR count). The van der Waals surface area contributed by atoms with Crippen molar-refractivity contribution in [1.29, 1.82) is 0 Å². The molecule has 0 saturated heterocycles. The van der Waals surface area contributed by atoms with Crippen molar-refractivity contribution >= 4 is 6.21 Å². The summed E-state index contributed by atoms with van der Waals surface area (Å²) in [6.45, 7) is 1.80. The maximum Gasteiger partial charge on any atom is 0.165 e. The number of rotatable bonds is 0. The fourth-order valence-corrected chi connectivity index (χ4v) is 1.04. The third-order valence-corrected chi connectivity index (χ3v) is 1.57. The summed E-state index contributed by atoms with van der Waals surface area (Å²) in [6.07, 6.45) is 2.84. The first-order valence-corrected chi connectivity index (χ1v) is 3.08. The second kappa shape index (κ2) is 1.84. The van der Waals surface area contributed by atoms with Gasteiger partial charge in [-0.1, -0.05) is 0 Å². The molecule has 0 saturated carbocycles. The van der Waals surface area contributed by atoms with E-state index in [0.29, 0.717) is 0 Å². The highest BCUT2D eigenvalue weighted by atomic mass is 16.7. The van der Waals surface area contributed by atoms with Gasteiger partial charge in [-0.05, 0) is 12.0 Å². The van der Waals surface area contributed by atoms with Crippen molar-refractivity contribution in [3.8, 4) is 0 Å². The highest BCUT2D eigenvalue weighted by Crippen LogP contribution is 2.15. The van der Waals surface area contributed by atoms with E-state index in [9.17, 15) is 0 Å². The van der Waals surface area contributed by atoms with E-state index in [0.717, 1.165) is 25.3 Å². The highest BCUT2D eigenvalue weighted by molar-refractivity contribution is 5.78. The lowest BCUT2D eigenvalue weighted by Gasteiger charge is -2.01. The molecule has 0 fully saturated rings. The van der Waals surface area contributed by atoms with Crippen LogP contribution in [0.4, 0.5) is 0 Å². The van der Waals surface area contributed by atoms with Crippen molar-refractivity contribution in [2.45, 2.75) is 6.42 Å². The van der Waals surface area contributed by atoms with Crippen LogP contribution in [0.15, 0.2) is 16.3 Å². The maximum atomic E-state index is 5.04. The minimum atomic E-state index is 0.876. The molecule has 1 N–H and O–H groups in total. The predicted molar refractivity (Wildman–Crippen MR) is 34.1 cm³/mol. The standard InChI is InChI=1S/C6H8N2O/c1-2-7-4-6-5(1)3-8-9-6/h4,8H,1-3H2. The van der Waals surface area contributed by atoms with Crippen LogP contribution in [-0.2, 0) is 4.84 Å². The van der Waals surface area contributed by atoms with Gasteiger partial charge in [0, 0.05) is 6.54 Å². The van der Waals surface area contributed by atoms with Crippen molar-refractivity contribution in [1.82, 2.24) is 5.48 Å². The van der Waals surface area contributed by atoms with E-state index in [-0.39, 0.29) is 0 Å². The largest absolute Gasteiger partial charge is 0.407 e. The first-order chi connectivity index (χ1) is 4.47. The molecule has 3 heteroatoms. The molecule has 0 unspecified atom stereocenters. The number of hydrogen-bond donors (Lipinski definition) is 1. The van der Waals surface area contributed by atoms with Crippen molar-refractivity contribution in [2.24, 2.45) is 4.99 Å². The first-order valence-electron chi connectivity index (χ1n) is 3.08. The molecule has 2 aliphatic heterocycles. The van der Waals surface area contributed by atoms with Gasteiger partial charge < -0.3 is 4.84 Å². The van der Waals surface area contributed by atoms with E-state index in [2.05, 4.69) is 10.5 Å². The summed E-state index contributed by atoms with van der Waals surface area (Å²) in [5.74, 6) is 0.932. The number of aliphatic imine (C=N–C) groups is 1. The average Bonchev–Trinajstić information content (AvgIpc) is 2.33. The van der Waals surface area contributed by atoms with Gasteiger partial charge in [0.05, 0.1) is 12.8 Å². The van der Waals surface area contributed by atoms with Crippen LogP contribution in [0.5, 0.6) is 0 Å². The maximum absolute atomic E-state index is 5.04.